The van der Waals surface area contributed by atoms with Crippen molar-refractivity contribution >= 4 is 27.4 Å². The predicted molar refractivity (Wildman–Crippen MR) is 67.1 cm³/mol. The Bertz CT molecular complexity index is 966. The van der Waals surface area contributed by atoms with Crippen LogP contribution in [0.4, 0.5) is 26.3 Å². The summed E-state index contributed by atoms with van der Waals surface area (Å²) in [5.41, 5.74) is -9.16. The Labute approximate surface area is 133 Å². The molecule has 2 heterocycles. The van der Waals surface area contributed by atoms with Crippen molar-refractivity contribution < 1.29 is 38.9 Å². The van der Waals surface area contributed by atoms with Crippen LogP contribution in [0.3, 0.4) is 0 Å². The molecule has 0 unspecified atom stereocenters. The SMILES string of the molecule is O=c1cc(OS(=O)(=O)C(F)(F)F)nc2c(Cl)cc(C(F)(F)F)cn12. The molecule has 0 aliphatic rings. The smallest absolute Gasteiger partial charge is 0.355 e. The zero-order chi connectivity index (χ0) is 18.5. The Morgan fingerprint density at radius 3 is 2.21 bits per heavy atom. The van der Waals surface area contributed by atoms with Gasteiger partial charge in [0.15, 0.2) is 5.65 Å². The van der Waals surface area contributed by atoms with Crippen molar-refractivity contribution in [3.63, 3.8) is 0 Å². The maximum atomic E-state index is 12.6. The van der Waals surface area contributed by atoms with Gasteiger partial charge in [0, 0.05) is 6.20 Å². The molecule has 0 atom stereocenters. The average Bonchev–Trinajstić information content (AvgIpc) is 2.36. The molecule has 0 amide bonds. The van der Waals surface area contributed by atoms with Crippen molar-refractivity contribution in [3.05, 3.63) is 39.3 Å². The van der Waals surface area contributed by atoms with Gasteiger partial charge < -0.3 is 4.18 Å². The number of pyridine rings is 1. The molecule has 132 valence electrons. The molecule has 2 aromatic heterocycles. The van der Waals surface area contributed by atoms with Gasteiger partial charge in [-0.3, -0.25) is 9.20 Å². The van der Waals surface area contributed by atoms with Gasteiger partial charge in [-0.05, 0) is 6.07 Å². The minimum absolute atomic E-state index is 0.173. The second kappa shape index (κ2) is 5.51. The molecule has 2 aromatic rings. The van der Waals surface area contributed by atoms with E-state index in [1.807, 2.05) is 0 Å². The molecule has 6 nitrogen and oxygen atoms in total. The predicted octanol–water partition coefficient (Wildman–Crippen LogP) is 2.60. The molecule has 0 radical (unpaired) electrons. The van der Waals surface area contributed by atoms with E-state index >= 15 is 0 Å². The molecule has 0 aliphatic carbocycles. The monoisotopic (exact) mass is 396 g/mol. The van der Waals surface area contributed by atoms with Gasteiger partial charge in [0.2, 0.25) is 5.88 Å². The molecule has 0 aliphatic heterocycles. The number of halogens is 7. The number of rotatable bonds is 2. The Hall–Kier alpha value is -2.02. The summed E-state index contributed by atoms with van der Waals surface area (Å²) in [6.45, 7) is 0. The first-order valence-corrected chi connectivity index (χ1v) is 7.32. The minimum Gasteiger partial charge on any atom is -0.355 e. The van der Waals surface area contributed by atoms with Gasteiger partial charge >= 0.3 is 21.8 Å². The fraction of sp³-hybridized carbons (Fsp3) is 0.200. The van der Waals surface area contributed by atoms with Crippen LogP contribution in [0.5, 0.6) is 5.88 Å². The number of nitrogens with zero attached hydrogens (tertiary/aromatic N) is 2. The van der Waals surface area contributed by atoms with Crippen LogP contribution in [0.15, 0.2) is 23.1 Å². The van der Waals surface area contributed by atoms with E-state index in [2.05, 4.69) is 9.17 Å². The molecular formula is C10H3ClF6N2O4S. The van der Waals surface area contributed by atoms with Gasteiger partial charge in [-0.2, -0.15) is 39.7 Å². The first-order chi connectivity index (χ1) is 10.7. The highest BCUT2D eigenvalue weighted by molar-refractivity contribution is 7.87. The van der Waals surface area contributed by atoms with Crippen molar-refractivity contribution in [2.45, 2.75) is 11.7 Å². The highest BCUT2D eigenvalue weighted by atomic mass is 35.5. The Morgan fingerprint density at radius 2 is 1.71 bits per heavy atom. The van der Waals surface area contributed by atoms with Crippen LogP contribution in [0.1, 0.15) is 5.56 Å². The maximum Gasteiger partial charge on any atom is 0.534 e. The zero-order valence-corrected chi connectivity index (χ0v) is 12.4. The van der Waals surface area contributed by atoms with Crippen LogP contribution in [-0.2, 0) is 16.3 Å². The first kappa shape index (κ1) is 18.3. The topological polar surface area (TPSA) is 77.7 Å². The standard InChI is InChI=1S/C10H3ClF6N2O4S/c11-5-1-4(9(12,13)14)3-19-7(20)2-6(18-8(5)19)23-24(21,22)10(15,16)17/h1-3H. The highest BCUT2D eigenvalue weighted by Crippen LogP contribution is 2.32. The molecule has 0 saturated carbocycles. The second-order valence-electron chi connectivity index (χ2n) is 4.18. The van der Waals surface area contributed by atoms with E-state index in [1.165, 1.54) is 0 Å². The quantitative estimate of drug-likeness (QED) is 0.443. The van der Waals surface area contributed by atoms with Crippen LogP contribution in [-0.4, -0.2) is 23.3 Å². The number of alkyl halides is 6. The van der Waals surface area contributed by atoms with E-state index in [9.17, 15) is 39.6 Å². The third-order valence-corrected chi connectivity index (χ3v) is 3.73. The lowest BCUT2D eigenvalue weighted by atomic mass is 10.2. The van der Waals surface area contributed by atoms with Crippen molar-refractivity contribution in [1.82, 2.24) is 9.38 Å². The van der Waals surface area contributed by atoms with Gasteiger partial charge in [-0.15, -0.1) is 0 Å². The Balaban J connectivity index is 2.64. The van der Waals surface area contributed by atoms with Crippen LogP contribution in [0.2, 0.25) is 5.02 Å². The minimum atomic E-state index is -6.11. The van der Waals surface area contributed by atoms with Crippen LogP contribution in [0, 0.1) is 0 Å². The molecule has 0 N–H and O–H groups in total. The fourth-order valence-corrected chi connectivity index (χ4v) is 2.15. The van der Waals surface area contributed by atoms with Gasteiger partial charge in [0.1, 0.15) is 0 Å². The van der Waals surface area contributed by atoms with Gasteiger partial charge in [-0.25, -0.2) is 0 Å². The number of hydrogen-bond acceptors (Lipinski definition) is 5. The average molecular weight is 397 g/mol. The third kappa shape index (κ3) is 3.40. The molecule has 0 spiro atoms. The van der Waals surface area contributed by atoms with E-state index in [4.69, 9.17) is 11.6 Å². The van der Waals surface area contributed by atoms with E-state index in [0.717, 1.165) is 0 Å². The molecule has 0 fully saturated rings. The summed E-state index contributed by atoms with van der Waals surface area (Å²) >= 11 is 5.52. The lowest BCUT2D eigenvalue weighted by Gasteiger charge is -2.12. The van der Waals surface area contributed by atoms with Crippen molar-refractivity contribution in [2.75, 3.05) is 0 Å². The summed E-state index contributed by atoms with van der Waals surface area (Å²) < 4.78 is 100. The lowest BCUT2D eigenvalue weighted by Crippen LogP contribution is -2.29. The molecule has 24 heavy (non-hydrogen) atoms. The molecule has 2 rings (SSSR count). The normalized spacial score (nSPS) is 13.3. The van der Waals surface area contributed by atoms with Crippen LogP contribution >= 0.6 is 11.6 Å². The van der Waals surface area contributed by atoms with Crippen molar-refractivity contribution in [2.24, 2.45) is 0 Å². The molecule has 14 heteroatoms. The summed E-state index contributed by atoms with van der Waals surface area (Å²) in [4.78, 5) is 14.9. The fourth-order valence-electron chi connectivity index (χ4n) is 1.50. The zero-order valence-electron chi connectivity index (χ0n) is 10.8. The van der Waals surface area contributed by atoms with E-state index < -0.39 is 49.5 Å². The molecular weight excluding hydrogens is 394 g/mol. The molecule has 0 saturated heterocycles. The summed E-state index contributed by atoms with van der Waals surface area (Å²) in [5.74, 6) is -1.29. The summed E-state index contributed by atoms with van der Waals surface area (Å²) in [6, 6.07) is 0.540. The third-order valence-electron chi connectivity index (χ3n) is 2.50. The van der Waals surface area contributed by atoms with E-state index in [1.54, 1.807) is 0 Å². The van der Waals surface area contributed by atoms with Gasteiger partial charge in [-0.1, -0.05) is 11.6 Å². The summed E-state index contributed by atoms with van der Waals surface area (Å²) in [5, 5.41) is -0.753. The van der Waals surface area contributed by atoms with Crippen molar-refractivity contribution in [3.8, 4) is 5.88 Å². The van der Waals surface area contributed by atoms with Crippen LogP contribution in [0.25, 0.3) is 5.65 Å². The first-order valence-electron chi connectivity index (χ1n) is 5.53. The Morgan fingerprint density at radius 1 is 1.12 bits per heavy atom. The summed E-state index contributed by atoms with van der Waals surface area (Å²) in [7, 11) is -6.11. The van der Waals surface area contributed by atoms with Gasteiger partial charge in [0.25, 0.3) is 5.56 Å². The lowest BCUT2D eigenvalue weighted by molar-refractivity contribution is -0.137. The molecule has 0 aromatic carbocycles. The van der Waals surface area contributed by atoms with E-state index in [-0.39, 0.29) is 10.5 Å². The number of hydrogen-bond donors (Lipinski definition) is 0. The number of fused-ring (bicyclic) bond motifs is 1. The maximum absolute atomic E-state index is 12.6. The van der Waals surface area contributed by atoms with E-state index in [0.29, 0.717) is 12.3 Å². The molecule has 0 bridgehead atoms. The second-order valence-corrected chi connectivity index (χ2v) is 6.13. The van der Waals surface area contributed by atoms with Crippen molar-refractivity contribution in [1.29, 1.82) is 0 Å². The highest BCUT2D eigenvalue weighted by Gasteiger charge is 2.49. The summed E-state index contributed by atoms with van der Waals surface area (Å²) in [6.07, 6.45) is -4.55. The van der Waals surface area contributed by atoms with Crippen LogP contribution < -0.4 is 9.74 Å². The Kier molecular flexibility index (Phi) is 4.21. The van der Waals surface area contributed by atoms with Gasteiger partial charge in [0.05, 0.1) is 16.7 Å². The number of aromatic nitrogens is 2. The largest absolute Gasteiger partial charge is 0.534 e.